The third-order valence-corrected chi connectivity index (χ3v) is 6.04. The van der Waals surface area contributed by atoms with Crippen molar-refractivity contribution in [3.8, 4) is 0 Å². The lowest BCUT2D eigenvalue weighted by Crippen LogP contribution is -2.39. The third-order valence-electron chi connectivity index (χ3n) is 5.81. The van der Waals surface area contributed by atoms with Crippen molar-refractivity contribution in [2.24, 2.45) is 11.8 Å². The highest BCUT2D eigenvalue weighted by atomic mass is 35.5. The lowest BCUT2D eigenvalue weighted by atomic mass is 9.78. The molecule has 0 N–H and O–H groups in total. The Kier molecular flexibility index (Phi) is 3.63. The van der Waals surface area contributed by atoms with Crippen LogP contribution in [0.25, 0.3) is 0 Å². The summed E-state index contributed by atoms with van der Waals surface area (Å²) in [6, 6.07) is 13.4. The van der Waals surface area contributed by atoms with Crippen molar-refractivity contribution in [2.45, 2.75) is 18.6 Å². The van der Waals surface area contributed by atoms with Gasteiger partial charge in [-0.3, -0.25) is 14.4 Å². The number of rotatable bonds is 3. The summed E-state index contributed by atoms with van der Waals surface area (Å²) in [4.78, 5) is 40.6. The summed E-state index contributed by atoms with van der Waals surface area (Å²) in [5.74, 6) is -2.10. The van der Waals surface area contributed by atoms with Gasteiger partial charge in [-0.1, -0.05) is 54.1 Å². The summed E-state index contributed by atoms with van der Waals surface area (Å²) in [6.07, 6.45) is 3.29. The van der Waals surface area contributed by atoms with Crippen LogP contribution in [0.15, 0.2) is 60.7 Å². The van der Waals surface area contributed by atoms with Crippen LogP contribution in [-0.4, -0.2) is 29.3 Å². The highest BCUT2D eigenvalue weighted by molar-refractivity contribution is 6.32. The second kappa shape index (κ2) is 5.87. The zero-order chi connectivity index (χ0) is 19.6. The number of hydrogen-bond donors (Lipinski definition) is 0. The lowest BCUT2D eigenvalue weighted by molar-refractivity contribution is -0.126. The minimum atomic E-state index is -0.785. The minimum Gasteiger partial charge on any atom is -0.362 e. The predicted octanol–water partition coefficient (Wildman–Crippen LogP) is 3.40. The van der Waals surface area contributed by atoms with E-state index >= 15 is 0 Å². The molecule has 2 aromatic rings. The molecule has 28 heavy (non-hydrogen) atoms. The molecule has 2 fully saturated rings. The summed E-state index contributed by atoms with van der Waals surface area (Å²) >= 11 is 6.13. The molecule has 2 amide bonds. The van der Waals surface area contributed by atoms with Gasteiger partial charge < -0.3 is 4.74 Å². The summed E-state index contributed by atoms with van der Waals surface area (Å²) in [5, 5.41) is 0.361. The molecule has 0 aromatic heterocycles. The molecule has 5 nitrogen and oxygen atoms in total. The van der Waals surface area contributed by atoms with Crippen LogP contribution >= 0.6 is 11.6 Å². The molecule has 2 saturated heterocycles. The van der Waals surface area contributed by atoms with Gasteiger partial charge in [0.15, 0.2) is 5.78 Å². The van der Waals surface area contributed by atoms with Crippen molar-refractivity contribution in [2.75, 3.05) is 4.90 Å². The van der Waals surface area contributed by atoms with E-state index in [4.69, 9.17) is 16.3 Å². The largest absolute Gasteiger partial charge is 0.362 e. The fourth-order valence-electron chi connectivity index (χ4n) is 4.52. The van der Waals surface area contributed by atoms with E-state index in [1.807, 2.05) is 25.1 Å². The smallest absolute Gasteiger partial charge is 0.241 e. The first-order valence-corrected chi connectivity index (χ1v) is 9.43. The number of carbonyl (C=O) groups is 3. The van der Waals surface area contributed by atoms with Gasteiger partial charge in [0.2, 0.25) is 11.8 Å². The Hall–Kier alpha value is -2.76. The van der Waals surface area contributed by atoms with Crippen LogP contribution < -0.4 is 4.90 Å². The second-order valence-electron chi connectivity index (χ2n) is 7.50. The first-order chi connectivity index (χ1) is 13.4. The highest BCUT2D eigenvalue weighted by Crippen LogP contribution is 2.52. The Balaban J connectivity index is 1.61. The van der Waals surface area contributed by atoms with Crippen LogP contribution in [0.5, 0.6) is 0 Å². The summed E-state index contributed by atoms with van der Waals surface area (Å²) in [7, 11) is 0. The number of ether oxygens (including phenoxy) is 1. The molecule has 3 heterocycles. The molecule has 0 unspecified atom stereocenters. The maximum atomic E-state index is 13.2. The van der Waals surface area contributed by atoms with Crippen LogP contribution in [0.1, 0.15) is 22.8 Å². The number of anilines is 1. The van der Waals surface area contributed by atoms with Crippen molar-refractivity contribution in [3.05, 3.63) is 76.8 Å². The van der Waals surface area contributed by atoms with E-state index in [0.29, 0.717) is 10.6 Å². The molecular formula is C22H16ClNO4. The van der Waals surface area contributed by atoms with E-state index in [1.54, 1.807) is 36.4 Å². The summed E-state index contributed by atoms with van der Waals surface area (Å²) < 4.78 is 5.85. The van der Waals surface area contributed by atoms with Crippen molar-refractivity contribution in [1.29, 1.82) is 0 Å². The number of hydrogen-bond acceptors (Lipinski definition) is 4. The molecule has 0 aliphatic carbocycles. The summed E-state index contributed by atoms with van der Waals surface area (Å²) in [6.45, 7) is 1.82. The number of imide groups is 1. The van der Waals surface area contributed by atoms with E-state index < -0.39 is 23.5 Å². The number of ketones is 1. The first-order valence-electron chi connectivity index (χ1n) is 9.05. The zero-order valence-corrected chi connectivity index (χ0v) is 15.7. The predicted molar refractivity (Wildman–Crippen MR) is 103 cm³/mol. The maximum Gasteiger partial charge on any atom is 0.241 e. The number of halogens is 1. The van der Waals surface area contributed by atoms with Crippen LogP contribution in [0.3, 0.4) is 0 Å². The zero-order valence-electron chi connectivity index (χ0n) is 15.0. The molecule has 2 aromatic carbocycles. The Labute approximate surface area is 166 Å². The van der Waals surface area contributed by atoms with Gasteiger partial charge in [0, 0.05) is 16.1 Å². The van der Waals surface area contributed by atoms with E-state index in [-0.39, 0.29) is 28.8 Å². The van der Waals surface area contributed by atoms with Crippen molar-refractivity contribution < 1.29 is 19.1 Å². The van der Waals surface area contributed by atoms with Crippen LogP contribution in [0.4, 0.5) is 5.69 Å². The average molecular weight is 394 g/mol. The molecule has 0 radical (unpaired) electrons. The molecule has 0 spiro atoms. The van der Waals surface area contributed by atoms with Gasteiger partial charge in [-0.15, -0.1) is 0 Å². The van der Waals surface area contributed by atoms with Crippen molar-refractivity contribution in [3.63, 3.8) is 0 Å². The SMILES string of the molecule is C[C@@]12C=C[C@@H](O1)[C@H]1C(=O)N(c3ccc(Cl)cc3C(=O)c3ccccc3)C(=O)[C@H]12. The quantitative estimate of drug-likeness (QED) is 0.455. The Morgan fingerprint density at radius 2 is 1.86 bits per heavy atom. The lowest BCUT2D eigenvalue weighted by Gasteiger charge is -2.25. The Morgan fingerprint density at radius 3 is 2.57 bits per heavy atom. The average Bonchev–Trinajstić information content (AvgIpc) is 3.31. The maximum absolute atomic E-state index is 13.2. The van der Waals surface area contributed by atoms with E-state index in [1.165, 1.54) is 6.07 Å². The molecule has 140 valence electrons. The second-order valence-corrected chi connectivity index (χ2v) is 7.93. The number of benzene rings is 2. The van der Waals surface area contributed by atoms with Crippen molar-refractivity contribution >= 4 is 34.9 Å². The molecule has 2 bridgehead atoms. The van der Waals surface area contributed by atoms with Crippen LogP contribution in [0.2, 0.25) is 5.02 Å². The monoisotopic (exact) mass is 393 g/mol. The molecule has 0 saturated carbocycles. The van der Waals surface area contributed by atoms with Gasteiger partial charge in [0.1, 0.15) is 0 Å². The van der Waals surface area contributed by atoms with Gasteiger partial charge in [-0.2, -0.15) is 0 Å². The van der Waals surface area contributed by atoms with E-state index in [0.717, 1.165) is 4.90 Å². The van der Waals surface area contributed by atoms with Crippen LogP contribution in [0, 0.1) is 11.8 Å². The fourth-order valence-corrected chi connectivity index (χ4v) is 4.69. The van der Waals surface area contributed by atoms with Gasteiger partial charge in [0.25, 0.3) is 0 Å². The van der Waals surface area contributed by atoms with Gasteiger partial charge >= 0.3 is 0 Å². The number of nitrogens with zero attached hydrogens (tertiary/aromatic N) is 1. The number of fused-ring (bicyclic) bond motifs is 5. The van der Waals surface area contributed by atoms with Crippen LogP contribution in [-0.2, 0) is 14.3 Å². The molecule has 3 aliphatic heterocycles. The normalized spacial score (nSPS) is 30.2. The molecular weight excluding hydrogens is 378 g/mol. The standard InChI is InChI=1S/C22H16ClNO4/c1-22-10-9-16(28-22)17-18(22)21(27)24(20(17)26)15-8-7-13(23)11-14(15)19(25)12-5-3-2-4-6-12/h2-11,16-18H,1H3/t16-,17-,18+,22+/m1/s1. The van der Waals surface area contributed by atoms with E-state index in [2.05, 4.69) is 0 Å². The van der Waals surface area contributed by atoms with Gasteiger partial charge in [-0.05, 0) is 25.1 Å². The molecule has 4 atom stereocenters. The topological polar surface area (TPSA) is 63.7 Å². The van der Waals surface area contributed by atoms with Gasteiger partial charge in [-0.25, -0.2) is 4.90 Å². The molecule has 6 heteroatoms. The first kappa shape index (κ1) is 17.3. The van der Waals surface area contributed by atoms with Crippen molar-refractivity contribution in [1.82, 2.24) is 0 Å². The Bertz CT molecular complexity index is 1060. The number of carbonyl (C=O) groups excluding carboxylic acids is 3. The van der Waals surface area contributed by atoms with E-state index in [9.17, 15) is 14.4 Å². The van der Waals surface area contributed by atoms with Gasteiger partial charge in [0.05, 0.1) is 29.2 Å². The highest BCUT2D eigenvalue weighted by Gasteiger charge is 2.66. The molecule has 5 rings (SSSR count). The molecule has 3 aliphatic rings. The number of amides is 2. The summed E-state index contributed by atoms with van der Waals surface area (Å²) in [5.41, 5.74) is 0.173. The third kappa shape index (κ3) is 2.26. The fraction of sp³-hybridized carbons (Fsp3) is 0.227. The Morgan fingerprint density at radius 1 is 1.11 bits per heavy atom. The minimum absolute atomic E-state index is 0.228.